The number of amides is 1. The largest absolute Gasteiger partial charge is 0.392 e. The quantitative estimate of drug-likeness (QED) is 0.773. The molecule has 22 heavy (non-hydrogen) atoms. The summed E-state index contributed by atoms with van der Waals surface area (Å²) in [4.78, 5) is 11.1. The molecule has 0 atom stereocenters. The average molecular weight is 320 g/mol. The lowest BCUT2D eigenvalue weighted by molar-refractivity contribution is 0.1000. The SMILES string of the molecule is Cc1ccc(CO)cc1NS(=O)(=O)c1cccc(C(N)=O)c1. The van der Waals surface area contributed by atoms with Gasteiger partial charge in [-0.3, -0.25) is 9.52 Å². The number of carbonyl (C=O) groups excluding carboxylic acids is 1. The first-order valence-corrected chi connectivity index (χ1v) is 7.95. The zero-order valence-electron chi connectivity index (χ0n) is 11.9. The lowest BCUT2D eigenvalue weighted by atomic mass is 10.1. The molecule has 4 N–H and O–H groups in total. The highest BCUT2D eigenvalue weighted by atomic mass is 32.2. The summed E-state index contributed by atoms with van der Waals surface area (Å²) in [5, 5.41) is 9.14. The Morgan fingerprint density at radius 2 is 1.95 bits per heavy atom. The van der Waals surface area contributed by atoms with Gasteiger partial charge in [0.25, 0.3) is 10.0 Å². The van der Waals surface area contributed by atoms with Gasteiger partial charge in [-0.1, -0.05) is 18.2 Å². The molecule has 6 nitrogen and oxygen atoms in total. The summed E-state index contributed by atoms with van der Waals surface area (Å²) in [6.45, 7) is 1.56. The van der Waals surface area contributed by atoms with Crippen LogP contribution in [0.3, 0.4) is 0 Å². The Balaban J connectivity index is 2.40. The van der Waals surface area contributed by atoms with Crippen LogP contribution in [0, 0.1) is 6.92 Å². The highest BCUT2D eigenvalue weighted by molar-refractivity contribution is 7.92. The Hall–Kier alpha value is -2.38. The molecule has 0 saturated heterocycles. The molecule has 116 valence electrons. The first-order valence-electron chi connectivity index (χ1n) is 6.46. The minimum atomic E-state index is -3.86. The molecule has 0 fully saturated rings. The molecule has 0 radical (unpaired) electrons. The average Bonchev–Trinajstić information content (AvgIpc) is 2.49. The standard InChI is InChI=1S/C15H16N2O4S/c1-10-5-6-11(9-18)7-14(10)17-22(20,21)13-4-2-3-12(8-13)15(16)19/h2-8,17-18H,9H2,1H3,(H2,16,19). The monoisotopic (exact) mass is 320 g/mol. The van der Waals surface area contributed by atoms with Crippen molar-refractivity contribution in [2.75, 3.05) is 4.72 Å². The maximum absolute atomic E-state index is 12.4. The molecule has 0 heterocycles. The summed E-state index contributed by atoms with van der Waals surface area (Å²) in [5.74, 6) is -0.699. The second-order valence-corrected chi connectivity index (χ2v) is 6.49. The smallest absolute Gasteiger partial charge is 0.261 e. The van der Waals surface area contributed by atoms with Gasteiger partial charge in [0.15, 0.2) is 0 Å². The second-order valence-electron chi connectivity index (χ2n) is 4.80. The van der Waals surface area contributed by atoms with Gasteiger partial charge in [0.05, 0.1) is 17.2 Å². The number of aliphatic hydroxyl groups is 1. The van der Waals surface area contributed by atoms with Crippen molar-refractivity contribution in [3.8, 4) is 0 Å². The first-order chi connectivity index (χ1) is 10.3. The van der Waals surface area contributed by atoms with Crippen LogP contribution in [-0.4, -0.2) is 19.4 Å². The predicted octanol–water partition coefficient (Wildman–Crippen LogP) is 1.39. The number of rotatable bonds is 5. The molecule has 2 aromatic rings. The predicted molar refractivity (Wildman–Crippen MR) is 82.9 cm³/mol. The van der Waals surface area contributed by atoms with Crippen LogP contribution in [0.25, 0.3) is 0 Å². The summed E-state index contributed by atoms with van der Waals surface area (Å²) in [6, 6.07) is 10.5. The van der Waals surface area contributed by atoms with Gasteiger partial charge >= 0.3 is 0 Å². The summed E-state index contributed by atoms with van der Waals surface area (Å²) < 4.78 is 27.3. The van der Waals surface area contributed by atoms with Crippen LogP contribution >= 0.6 is 0 Å². The van der Waals surface area contributed by atoms with E-state index in [0.29, 0.717) is 16.8 Å². The zero-order chi connectivity index (χ0) is 16.3. The molecule has 0 spiro atoms. The maximum Gasteiger partial charge on any atom is 0.261 e. The van der Waals surface area contributed by atoms with Gasteiger partial charge in [-0.25, -0.2) is 8.42 Å². The van der Waals surface area contributed by atoms with Crippen LogP contribution in [0.1, 0.15) is 21.5 Å². The topological polar surface area (TPSA) is 109 Å². The Morgan fingerprint density at radius 3 is 2.59 bits per heavy atom. The molecular weight excluding hydrogens is 304 g/mol. The van der Waals surface area contributed by atoms with Crippen LogP contribution < -0.4 is 10.5 Å². The van der Waals surface area contributed by atoms with E-state index in [1.807, 2.05) is 0 Å². The zero-order valence-corrected chi connectivity index (χ0v) is 12.7. The minimum Gasteiger partial charge on any atom is -0.392 e. The maximum atomic E-state index is 12.4. The number of carbonyl (C=O) groups is 1. The molecule has 0 aliphatic rings. The van der Waals surface area contributed by atoms with Crippen molar-refractivity contribution >= 4 is 21.6 Å². The molecule has 2 rings (SSSR count). The molecule has 0 unspecified atom stereocenters. The lowest BCUT2D eigenvalue weighted by Gasteiger charge is -2.12. The second kappa shape index (κ2) is 6.17. The lowest BCUT2D eigenvalue weighted by Crippen LogP contribution is -2.16. The van der Waals surface area contributed by atoms with Gasteiger partial charge in [0.1, 0.15) is 0 Å². The number of nitrogens with two attached hydrogens (primary N) is 1. The van der Waals surface area contributed by atoms with E-state index in [-0.39, 0.29) is 17.1 Å². The van der Waals surface area contributed by atoms with Crippen molar-refractivity contribution in [1.82, 2.24) is 0 Å². The van der Waals surface area contributed by atoms with Crippen LogP contribution in [0.5, 0.6) is 0 Å². The Bertz CT molecular complexity index is 816. The Labute approximate surface area is 128 Å². The van der Waals surface area contributed by atoms with Crippen molar-refractivity contribution in [3.63, 3.8) is 0 Å². The molecule has 0 saturated carbocycles. The van der Waals surface area contributed by atoms with Gasteiger partial charge in [-0.2, -0.15) is 0 Å². The number of aryl methyl sites for hydroxylation is 1. The summed E-state index contributed by atoms with van der Waals surface area (Å²) in [6.07, 6.45) is 0. The number of sulfonamides is 1. The van der Waals surface area contributed by atoms with Gasteiger partial charge in [0.2, 0.25) is 5.91 Å². The van der Waals surface area contributed by atoms with E-state index in [1.54, 1.807) is 25.1 Å². The molecular formula is C15H16N2O4S. The van der Waals surface area contributed by atoms with Gasteiger partial charge in [-0.05, 0) is 42.3 Å². The molecule has 7 heteroatoms. The number of primary amides is 1. The molecule has 0 aliphatic carbocycles. The van der Waals surface area contributed by atoms with E-state index in [1.165, 1.54) is 24.3 Å². The van der Waals surface area contributed by atoms with E-state index >= 15 is 0 Å². The van der Waals surface area contributed by atoms with E-state index in [0.717, 1.165) is 0 Å². The number of anilines is 1. The fraction of sp³-hybridized carbons (Fsp3) is 0.133. The number of nitrogens with one attached hydrogen (secondary N) is 1. The van der Waals surface area contributed by atoms with Crippen LogP contribution in [0.2, 0.25) is 0 Å². The number of aliphatic hydroxyl groups excluding tert-OH is 1. The third kappa shape index (κ3) is 3.44. The van der Waals surface area contributed by atoms with Gasteiger partial charge < -0.3 is 10.8 Å². The normalized spacial score (nSPS) is 11.2. The molecule has 0 bridgehead atoms. The van der Waals surface area contributed by atoms with Crippen LogP contribution in [0.4, 0.5) is 5.69 Å². The van der Waals surface area contributed by atoms with E-state index in [4.69, 9.17) is 10.8 Å². The summed E-state index contributed by atoms with van der Waals surface area (Å²) >= 11 is 0. The first kappa shape index (κ1) is 16.0. The fourth-order valence-electron chi connectivity index (χ4n) is 1.90. The third-order valence-corrected chi connectivity index (χ3v) is 4.52. The molecule has 1 amide bonds. The molecule has 2 aromatic carbocycles. The van der Waals surface area contributed by atoms with Crippen LogP contribution in [0.15, 0.2) is 47.4 Å². The van der Waals surface area contributed by atoms with E-state index < -0.39 is 15.9 Å². The molecule has 0 aromatic heterocycles. The van der Waals surface area contributed by atoms with E-state index in [9.17, 15) is 13.2 Å². The molecule has 0 aliphatic heterocycles. The minimum absolute atomic E-state index is 0.0578. The fourth-order valence-corrected chi connectivity index (χ4v) is 3.06. The van der Waals surface area contributed by atoms with Crippen molar-refractivity contribution in [2.45, 2.75) is 18.4 Å². The van der Waals surface area contributed by atoms with Gasteiger partial charge in [-0.15, -0.1) is 0 Å². The number of hydrogen-bond acceptors (Lipinski definition) is 4. The van der Waals surface area contributed by atoms with Crippen LogP contribution in [-0.2, 0) is 16.6 Å². The number of benzene rings is 2. The van der Waals surface area contributed by atoms with Crippen molar-refractivity contribution in [1.29, 1.82) is 0 Å². The van der Waals surface area contributed by atoms with Crippen molar-refractivity contribution in [3.05, 3.63) is 59.2 Å². The Morgan fingerprint density at radius 1 is 1.23 bits per heavy atom. The highest BCUT2D eigenvalue weighted by Crippen LogP contribution is 2.21. The van der Waals surface area contributed by atoms with Gasteiger partial charge in [0, 0.05) is 5.56 Å². The third-order valence-electron chi connectivity index (χ3n) is 3.16. The number of hydrogen-bond donors (Lipinski definition) is 3. The highest BCUT2D eigenvalue weighted by Gasteiger charge is 2.17. The van der Waals surface area contributed by atoms with E-state index in [2.05, 4.69) is 4.72 Å². The Kier molecular flexibility index (Phi) is 4.48. The summed E-state index contributed by atoms with van der Waals surface area (Å²) in [7, 11) is -3.86. The van der Waals surface area contributed by atoms with Crippen molar-refractivity contribution in [2.24, 2.45) is 5.73 Å². The van der Waals surface area contributed by atoms with Crippen molar-refractivity contribution < 1.29 is 18.3 Å². The summed E-state index contributed by atoms with van der Waals surface area (Å²) in [5.41, 5.74) is 6.95.